The minimum Gasteiger partial charge on any atom is -0.243 e. The second-order valence-corrected chi connectivity index (χ2v) is 6.09. The van der Waals surface area contributed by atoms with Crippen molar-refractivity contribution in [1.29, 1.82) is 0 Å². The maximum absolute atomic E-state index is 12.4. The molecule has 0 aliphatic carbocycles. The topological polar surface area (TPSA) is 78.5 Å². The molecule has 0 radical (unpaired) electrons. The fourth-order valence-corrected chi connectivity index (χ4v) is 2.02. The van der Waals surface area contributed by atoms with Crippen LogP contribution in [0.4, 0.5) is 4.79 Å². The number of rotatable bonds is 4. The molecule has 0 N–H and O–H groups in total. The summed E-state index contributed by atoms with van der Waals surface area (Å²) >= 11 is 0. The van der Waals surface area contributed by atoms with Crippen LogP contribution in [0.3, 0.4) is 0 Å². The van der Waals surface area contributed by atoms with Crippen LogP contribution in [0.25, 0.3) is 0 Å². The standard InChI is InChI=1S/C14H22N6O/c1-5-6-7-8-11-17-12(14(2,3)4)20(18-11)13(21)19-10-15-9-16-19/h9-10H,5-8H2,1-4H3. The van der Waals surface area contributed by atoms with Crippen molar-refractivity contribution < 1.29 is 4.79 Å². The van der Waals surface area contributed by atoms with Crippen molar-refractivity contribution in [3.05, 3.63) is 24.3 Å². The van der Waals surface area contributed by atoms with Crippen LogP contribution in [0.15, 0.2) is 12.7 Å². The van der Waals surface area contributed by atoms with Gasteiger partial charge in [-0.1, -0.05) is 40.5 Å². The normalized spacial score (nSPS) is 11.8. The van der Waals surface area contributed by atoms with Crippen molar-refractivity contribution in [1.82, 2.24) is 29.5 Å². The summed E-state index contributed by atoms with van der Waals surface area (Å²) in [5.41, 5.74) is -0.272. The van der Waals surface area contributed by atoms with E-state index in [0.29, 0.717) is 11.6 Å². The second kappa shape index (κ2) is 6.15. The van der Waals surface area contributed by atoms with E-state index in [4.69, 9.17) is 0 Å². The quantitative estimate of drug-likeness (QED) is 0.808. The number of hydrogen-bond donors (Lipinski definition) is 0. The van der Waals surface area contributed by atoms with Gasteiger partial charge in [0.05, 0.1) is 0 Å². The minimum absolute atomic E-state index is 0.272. The molecule has 2 aromatic rings. The monoisotopic (exact) mass is 290 g/mol. The number of carbonyl (C=O) groups excluding carboxylic acids is 1. The molecule has 7 heteroatoms. The largest absolute Gasteiger partial charge is 0.372 e. The third kappa shape index (κ3) is 3.53. The van der Waals surface area contributed by atoms with E-state index >= 15 is 0 Å². The molecule has 0 fully saturated rings. The summed E-state index contributed by atoms with van der Waals surface area (Å²) in [6, 6.07) is -0.355. The summed E-state index contributed by atoms with van der Waals surface area (Å²) in [7, 11) is 0. The lowest BCUT2D eigenvalue weighted by atomic mass is 9.96. The van der Waals surface area contributed by atoms with Gasteiger partial charge < -0.3 is 0 Å². The van der Waals surface area contributed by atoms with E-state index in [2.05, 4.69) is 27.1 Å². The average molecular weight is 290 g/mol. The molecule has 0 saturated carbocycles. The Morgan fingerprint density at radius 1 is 1.29 bits per heavy atom. The van der Waals surface area contributed by atoms with Gasteiger partial charge in [-0.05, 0) is 6.42 Å². The van der Waals surface area contributed by atoms with Crippen molar-refractivity contribution in [2.75, 3.05) is 0 Å². The summed E-state index contributed by atoms with van der Waals surface area (Å²) in [6.45, 7) is 8.19. The number of hydrogen-bond acceptors (Lipinski definition) is 5. The SMILES string of the molecule is CCCCCc1nc(C(C)(C)C)n(C(=O)n2cncn2)n1. The Kier molecular flexibility index (Phi) is 4.50. The first-order valence-corrected chi connectivity index (χ1v) is 7.29. The molecule has 0 aromatic carbocycles. The van der Waals surface area contributed by atoms with Crippen LogP contribution in [0.5, 0.6) is 0 Å². The molecule has 0 spiro atoms. The summed E-state index contributed by atoms with van der Waals surface area (Å²) in [6.07, 6.45) is 6.79. The maximum Gasteiger partial charge on any atom is 0.372 e. The molecule has 0 atom stereocenters. The smallest absolute Gasteiger partial charge is 0.243 e. The molecule has 0 unspecified atom stereocenters. The van der Waals surface area contributed by atoms with Crippen molar-refractivity contribution in [2.24, 2.45) is 0 Å². The average Bonchev–Trinajstić information content (AvgIpc) is 3.07. The summed E-state index contributed by atoms with van der Waals surface area (Å²) in [5.74, 6) is 1.36. The molecule has 0 saturated heterocycles. The van der Waals surface area contributed by atoms with Gasteiger partial charge in [0.15, 0.2) is 5.82 Å². The van der Waals surface area contributed by atoms with Crippen LogP contribution in [-0.4, -0.2) is 35.6 Å². The number of unbranched alkanes of at least 4 members (excludes halogenated alkanes) is 2. The van der Waals surface area contributed by atoms with Crippen molar-refractivity contribution in [2.45, 2.75) is 58.8 Å². The van der Waals surface area contributed by atoms with E-state index in [9.17, 15) is 4.79 Å². The maximum atomic E-state index is 12.4. The Labute approximate surface area is 124 Å². The van der Waals surface area contributed by atoms with Gasteiger partial charge in [0, 0.05) is 11.8 Å². The fourth-order valence-electron chi connectivity index (χ4n) is 2.02. The molecule has 114 valence electrons. The molecule has 0 bridgehead atoms. The number of aryl methyl sites for hydroxylation is 1. The molecule has 2 rings (SSSR count). The number of nitrogens with zero attached hydrogens (tertiary/aromatic N) is 6. The fraction of sp³-hybridized carbons (Fsp3) is 0.643. The third-order valence-electron chi connectivity index (χ3n) is 3.12. The first-order chi connectivity index (χ1) is 9.93. The Morgan fingerprint density at radius 3 is 2.62 bits per heavy atom. The molecule has 0 aliphatic rings. The van der Waals surface area contributed by atoms with Crippen LogP contribution in [-0.2, 0) is 11.8 Å². The van der Waals surface area contributed by atoms with E-state index < -0.39 is 0 Å². The highest BCUT2D eigenvalue weighted by Gasteiger charge is 2.27. The lowest BCUT2D eigenvalue weighted by Gasteiger charge is -2.16. The molecule has 2 aromatic heterocycles. The Morgan fingerprint density at radius 2 is 2.05 bits per heavy atom. The first kappa shape index (κ1) is 15.3. The van der Waals surface area contributed by atoms with E-state index in [0.717, 1.165) is 25.7 Å². The number of aromatic nitrogens is 6. The van der Waals surface area contributed by atoms with Gasteiger partial charge in [-0.25, -0.2) is 14.8 Å². The van der Waals surface area contributed by atoms with Crippen LogP contribution in [0.2, 0.25) is 0 Å². The van der Waals surface area contributed by atoms with Crippen molar-refractivity contribution >= 4 is 6.03 Å². The lowest BCUT2D eigenvalue weighted by Crippen LogP contribution is -2.28. The van der Waals surface area contributed by atoms with Gasteiger partial charge in [-0.2, -0.15) is 14.5 Å². The highest BCUT2D eigenvalue weighted by molar-refractivity contribution is 5.77. The molecule has 0 amide bonds. The summed E-state index contributed by atoms with van der Waals surface area (Å²) < 4.78 is 2.51. The summed E-state index contributed by atoms with van der Waals surface area (Å²) in [4.78, 5) is 20.8. The predicted octanol–water partition coefficient (Wildman–Crippen LogP) is 2.42. The van der Waals surface area contributed by atoms with Crippen LogP contribution >= 0.6 is 0 Å². The highest BCUT2D eigenvalue weighted by Crippen LogP contribution is 2.21. The van der Waals surface area contributed by atoms with Crippen molar-refractivity contribution in [3.63, 3.8) is 0 Å². The van der Waals surface area contributed by atoms with E-state index in [1.165, 1.54) is 22.0 Å². The third-order valence-corrected chi connectivity index (χ3v) is 3.12. The highest BCUT2D eigenvalue weighted by atomic mass is 16.2. The van der Waals surface area contributed by atoms with E-state index in [-0.39, 0.29) is 11.4 Å². The van der Waals surface area contributed by atoms with Crippen LogP contribution < -0.4 is 0 Å². The predicted molar refractivity (Wildman–Crippen MR) is 78.2 cm³/mol. The molecular formula is C14H22N6O. The van der Waals surface area contributed by atoms with Gasteiger partial charge in [0.1, 0.15) is 18.5 Å². The van der Waals surface area contributed by atoms with Crippen LogP contribution in [0.1, 0.15) is 58.6 Å². The Hall–Kier alpha value is -2.05. The second-order valence-electron chi connectivity index (χ2n) is 6.09. The van der Waals surface area contributed by atoms with Gasteiger partial charge in [0.25, 0.3) is 0 Å². The molecule has 2 heterocycles. The zero-order valence-electron chi connectivity index (χ0n) is 13.1. The van der Waals surface area contributed by atoms with E-state index in [1.807, 2.05) is 20.8 Å². The lowest BCUT2D eigenvalue weighted by molar-refractivity contribution is 0.235. The zero-order chi connectivity index (χ0) is 15.5. The Bertz CT molecular complexity index is 594. The van der Waals surface area contributed by atoms with E-state index in [1.54, 1.807) is 0 Å². The zero-order valence-corrected chi connectivity index (χ0v) is 13.1. The summed E-state index contributed by atoms with van der Waals surface area (Å²) in [5, 5.41) is 8.24. The number of carbonyl (C=O) groups is 1. The van der Waals surface area contributed by atoms with Gasteiger partial charge in [-0.3, -0.25) is 0 Å². The van der Waals surface area contributed by atoms with Crippen molar-refractivity contribution in [3.8, 4) is 0 Å². The van der Waals surface area contributed by atoms with Crippen LogP contribution in [0, 0.1) is 0 Å². The molecule has 0 aliphatic heterocycles. The molecule has 21 heavy (non-hydrogen) atoms. The Balaban J connectivity index is 2.32. The van der Waals surface area contributed by atoms with Gasteiger partial charge in [-0.15, -0.1) is 5.10 Å². The van der Waals surface area contributed by atoms with Gasteiger partial charge >= 0.3 is 6.03 Å². The minimum atomic E-state index is -0.355. The first-order valence-electron chi connectivity index (χ1n) is 7.29. The molecule has 7 nitrogen and oxygen atoms in total. The molecular weight excluding hydrogens is 268 g/mol. The van der Waals surface area contributed by atoms with Gasteiger partial charge in [0.2, 0.25) is 0 Å².